The standard InChI is InChI=1S/C20H21N5O2S3/c1-12-9-16(14(3)25(12)18-10-13(2)27-24-18)17(26)11-29-20-23-22-19(30-20)21-7-6-15-5-4-8-28-15/h4-5,8-10H,6-7,11H2,1-3H3,(H,21,22). The molecule has 0 amide bonds. The molecule has 4 aromatic rings. The highest BCUT2D eigenvalue weighted by Gasteiger charge is 2.19. The van der Waals surface area contributed by atoms with Crippen molar-refractivity contribution in [2.75, 3.05) is 17.6 Å². The number of Topliss-reactive ketones (excluding diaryl/α,β-unsaturated/α-hetero) is 1. The molecule has 4 aromatic heterocycles. The normalized spacial score (nSPS) is 11.2. The lowest BCUT2D eigenvalue weighted by atomic mass is 10.2. The van der Waals surface area contributed by atoms with Gasteiger partial charge in [-0.15, -0.1) is 21.5 Å². The van der Waals surface area contributed by atoms with Crippen molar-refractivity contribution in [3.05, 3.63) is 57.2 Å². The van der Waals surface area contributed by atoms with E-state index in [0.29, 0.717) is 17.1 Å². The van der Waals surface area contributed by atoms with Crippen molar-refractivity contribution >= 4 is 45.4 Å². The number of anilines is 1. The van der Waals surface area contributed by atoms with Gasteiger partial charge in [0.15, 0.2) is 15.9 Å². The number of rotatable bonds is 9. The van der Waals surface area contributed by atoms with Crippen LogP contribution >= 0.6 is 34.4 Å². The minimum atomic E-state index is 0.0574. The number of nitrogens with zero attached hydrogens (tertiary/aromatic N) is 4. The molecule has 156 valence electrons. The van der Waals surface area contributed by atoms with E-state index < -0.39 is 0 Å². The van der Waals surface area contributed by atoms with Crippen molar-refractivity contribution in [3.8, 4) is 5.82 Å². The average Bonchev–Trinajstić information content (AvgIpc) is 3.50. The van der Waals surface area contributed by atoms with Gasteiger partial charge in [0.2, 0.25) is 5.13 Å². The predicted octanol–water partition coefficient (Wildman–Crippen LogP) is 4.93. The number of thioether (sulfide) groups is 1. The third-order valence-corrected chi connectivity index (χ3v) is 7.49. The lowest BCUT2D eigenvalue weighted by Gasteiger charge is -2.04. The molecule has 0 aliphatic rings. The van der Waals surface area contributed by atoms with Crippen LogP contribution in [0.25, 0.3) is 5.82 Å². The first-order valence-electron chi connectivity index (χ1n) is 9.39. The van der Waals surface area contributed by atoms with Gasteiger partial charge in [-0.3, -0.25) is 9.36 Å². The SMILES string of the molecule is Cc1cc(-n2c(C)cc(C(=O)CSc3nnc(NCCc4cccs4)s3)c2C)no1. The van der Waals surface area contributed by atoms with Crippen LogP contribution in [-0.4, -0.2) is 38.0 Å². The van der Waals surface area contributed by atoms with Crippen LogP contribution in [0.1, 0.15) is 32.4 Å². The van der Waals surface area contributed by atoms with E-state index in [1.54, 1.807) is 11.3 Å². The van der Waals surface area contributed by atoms with E-state index in [4.69, 9.17) is 4.52 Å². The van der Waals surface area contributed by atoms with Gasteiger partial charge >= 0.3 is 0 Å². The Labute approximate surface area is 186 Å². The van der Waals surface area contributed by atoms with E-state index in [0.717, 1.165) is 39.6 Å². The lowest BCUT2D eigenvalue weighted by Crippen LogP contribution is -2.05. The van der Waals surface area contributed by atoms with Gasteiger partial charge in [-0.05, 0) is 44.7 Å². The zero-order valence-corrected chi connectivity index (χ0v) is 19.3. The molecule has 0 saturated carbocycles. The Balaban J connectivity index is 1.34. The molecule has 0 bridgehead atoms. The van der Waals surface area contributed by atoms with Crippen molar-refractivity contribution in [2.24, 2.45) is 0 Å². The fraction of sp³-hybridized carbons (Fsp3) is 0.300. The van der Waals surface area contributed by atoms with E-state index in [9.17, 15) is 4.79 Å². The summed E-state index contributed by atoms with van der Waals surface area (Å²) in [6, 6.07) is 7.94. The lowest BCUT2D eigenvalue weighted by molar-refractivity contribution is 0.102. The molecule has 0 spiro atoms. The average molecular weight is 460 g/mol. The summed E-state index contributed by atoms with van der Waals surface area (Å²) in [6.07, 6.45) is 0.957. The number of carbonyl (C=O) groups excluding carboxylic acids is 1. The highest BCUT2D eigenvalue weighted by atomic mass is 32.2. The van der Waals surface area contributed by atoms with Crippen molar-refractivity contribution in [1.82, 2.24) is 19.9 Å². The molecule has 0 atom stereocenters. The Morgan fingerprint density at radius 2 is 2.13 bits per heavy atom. The summed E-state index contributed by atoms with van der Waals surface area (Å²) in [7, 11) is 0. The van der Waals surface area contributed by atoms with Gasteiger partial charge in [-0.25, -0.2) is 0 Å². The zero-order chi connectivity index (χ0) is 21.1. The molecule has 0 fully saturated rings. The third-order valence-electron chi connectivity index (χ3n) is 4.54. The molecule has 0 saturated heterocycles. The summed E-state index contributed by atoms with van der Waals surface area (Å²) < 4.78 is 7.90. The van der Waals surface area contributed by atoms with Gasteiger partial charge in [0.1, 0.15) is 5.76 Å². The topological polar surface area (TPSA) is 85.8 Å². The monoisotopic (exact) mass is 459 g/mol. The predicted molar refractivity (Wildman–Crippen MR) is 122 cm³/mol. The van der Waals surface area contributed by atoms with E-state index in [1.165, 1.54) is 28.0 Å². The van der Waals surface area contributed by atoms with E-state index in [1.807, 2.05) is 37.5 Å². The number of hydrogen-bond acceptors (Lipinski definition) is 9. The number of carbonyl (C=O) groups is 1. The van der Waals surface area contributed by atoms with Gasteiger partial charge in [0.25, 0.3) is 0 Å². The molecule has 1 N–H and O–H groups in total. The summed E-state index contributed by atoms with van der Waals surface area (Å²) in [4.78, 5) is 14.2. The maximum absolute atomic E-state index is 12.8. The van der Waals surface area contributed by atoms with E-state index >= 15 is 0 Å². The molecular weight excluding hydrogens is 438 g/mol. The first kappa shape index (κ1) is 20.8. The fourth-order valence-electron chi connectivity index (χ4n) is 3.15. The molecule has 10 heteroatoms. The number of ketones is 1. The second-order valence-corrected chi connectivity index (χ2v) is 9.99. The number of aryl methyl sites for hydroxylation is 2. The Morgan fingerprint density at radius 1 is 1.27 bits per heavy atom. The van der Waals surface area contributed by atoms with Gasteiger partial charge in [-0.1, -0.05) is 34.3 Å². The number of hydrogen-bond donors (Lipinski definition) is 1. The molecule has 0 aromatic carbocycles. The molecule has 0 radical (unpaired) electrons. The number of nitrogens with one attached hydrogen (secondary N) is 1. The second-order valence-electron chi connectivity index (χ2n) is 6.76. The van der Waals surface area contributed by atoms with Crippen LogP contribution in [0, 0.1) is 20.8 Å². The third kappa shape index (κ3) is 4.66. The van der Waals surface area contributed by atoms with E-state index in [-0.39, 0.29) is 5.78 Å². The van der Waals surface area contributed by atoms with Crippen molar-refractivity contribution in [3.63, 3.8) is 0 Å². The van der Waals surface area contributed by atoms with Gasteiger partial charge in [0, 0.05) is 34.4 Å². The van der Waals surface area contributed by atoms with E-state index in [2.05, 4.69) is 38.2 Å². The first-order chi connectivity index (χ1) is 14.5. The molecule has 0 unspecified atom stereocenters. The number of thiophene rings is 1. The quantitative estimate of drug-likeness (QED) is 0.280. The molecule has 4 rings (SSSR count). The maximum atomic E-state index is 12.8. The smallest absolute Gasteiger partial charge is 0.206 e. The molecule has 0 aliphatic heterocycles. The van der Waals surface area contributed by atoms with Crippen LogP contribution < -0.4 is 5.32 Å². The second kappa shape index (κ2) is 9.15. The Kier molecular flexibility index (Phi) is 6.35. The van der Waals surface area contributed by atoms with Crippen LogP contribution in [0.3, 0.4) is 0 Å². The van der Waals surface area contributed by atoms with Crippen molar-refractivity contribution < 1.29 is 9.32 Å². The molecule has 7 nitrogen and oxygen atoms in total. The van der Waals surface area contributed by atoms with Crippen LogP contribution in [0.15, 0.2) is 38.5 Å². The summed E-state index contributed by atoms with van der Waals surface area (Å²) in [5.74, 6) is 1.79. The minimum Gasteiger partial charge on any atom is -0.360 e. The summed E-state index contributed by atoms with van der Waals surface area (Å²) in [5.41, 5.74) is 2.50. The summed E-state index contributed by atoms with van der Waals surface area (Å²) >= 11 is 4.64. The summed E-state index contributed by atoms with van der Waals surface area (Å²) in [6.45, 7) is 6.54. The Hall–Kier alpha value is -2.43. The van der Waals surface area contributed by atoms with Crippen LogP contribution in [0.5, 0.6) is 0 Å². The highest BCUT2D eigenvalue weighted by molar-refractivity contribution is 8.01. The van der Waals surface area contributed by atoms with Gasteiger partial charge in [-0.2, -0.15) is 0 Å². The Morgan fingerprint density at radius 3 is 2.87 bits per heavy atom. The molecule has 0 aliphatic carbocycles. The highest BCUT2D eigenvalue weighted by Crippen LogP contribution is 2.28. The van der Waals surface area contributed by atoms with Crippen molar-refractivity contribution in [2.45, 2.75) is 31.5 Å². The van der Waals surface area contributed by atoms with Crippen LogP contribution in [0.4, 0.5) is 5.13 Å². The zero-order valence-electron chi connectivity index (χ0n) is 16.8. The van der Waals surface area contributed by atoms with Crippen LogP contribution in [-0.2, 0) is 6.42 Å². The van der Waals surface area contributed by atoms with Crippen molar-refractivity contribution in [1.29, 1.82) is 0 Å². The van der Waals surface area contributed by atoms with Gasteiger partial charge in [0.05, 0.1) is 5.75 Å². The Bertz CT molecular complexity index is 1140. The molecule has 4 heterocycles. The largest absolute Gasteiger partial charge is 0.360 e. The molecule has 30 heavy (non-hydrogen) atoms. The maximum Gasteiger partial charge on any atom is 0.206 e. The fourth-order valence-corrected chi connectivity index (χ4v) is 5.52. The first-order valence-corrected chi connectivity index (χ1v) is 12.1. The minimum absolute atomic E-state index is 0.0574. The number of aromatic nitrogens is 4. The van der Waals surface area contributed by atoms with Gasteiger partial charge < -0.3 is 9.84 Å². The summed E-state index contributed by atoms with van der Waals surface area (Å²) in [5, 5.41) is 18.6. The molecular formula is C20H21N5O2S3. The van der Waals surface area contributed by atoms with Crippen LogP contribution in [0.2, 0.25) is 0 Å².